The summed E-state index contributed by atoms with van der Waals surface area (Å²) in [7, 11) is 1.33. The molecular formula is C13H11BrN2O2. The third-order valence-corrected chi connectivity index (χ3v) is 2.80. The van der Waals surface area contributed by atoms with Gasteiger partial charge in [-0.15, -0.1) is 0 Å². The molecule has 0 bridgehead atoms. The minimum Gasteiger partial charge on any atom is -0.453 e. The molecule has 4 nitrogen and oxygen atoms in total. The topological polar surface area (TPSA) is 51.2 Å². The van der Waals surface area contributed by atoms with Gasteiger partial charge < -0.3 is 4.74 Å². The molecule has 5 heteroatoms. The van der Waals surface area contributed by atoms with Crippen molar-refractivity contribution in [1.29, 1.82) is 0 Å². The molecular weight excluding hydrogens is 296 g/mol. The predicted molar refractivity (Wildman–Crippen MR) is 73.4 cm³/mol. The van der Waals surface area contributed by atoms with Crippen molar-refractivity contribution in [3.63, 3.8) is 0 Å². The molecule has 0 saturated heterocycles. The zero-order chi connectivity index (χ0) is 13.0. The third kappa shape index (κ3) is 3.07. The van der Waals surface area contributed by atoms with Gasteiger partial charge in [0.1, 0.15) is 0 Å². The standard InChI is InChI=1S/C13H11BrN2O2/c1-18-13(17)16-12-7-10(6-11(14)8-12)9-2-4-15-5-3-9/h2-8H,1H3,(H,16,17). The van der Waals surface area contributed by atoms with Gasteiger partial charge in [-0.1, -0.05) is 15.9 Å². The number of amides is 1. The van der Waals surface area contributed by atoms with Gasteiger partial charge >= 0.3 is 6.09 Å². The van der Waals surface area contributed by atoms with Crippen molar-refractivity contribution < 1.29 is 9.53 Å². The van der Waals surface area contributed by atoms with Gasteiger partial charge in [0.2, 0.25) is 0 Å². The molecule has 2 aromatic rings. The maximum atomic E-state index is 11.2. The number of benzene rings is 1. The lowest BCUT2D eigenvalue weighted by molar-refractivity contribution is 0.187. The number of nitrogens with one attached hydrogen (secondary N) is 1. The molecule has 0 aliphatic rings. The Morgan fingerprint density at radius 3 is 2.61 bits per heavy atom. The second kappa shape index (κ2) is 5.64. The van der Waals surface area contributed by atoms with E-state index in [2.05, 4.69) is 31.0 Å². The van der Waals surface area contributed by atoms with Crippen LogP contribution in [0.5, 0.6) is 0 Å². The highest BCUT2D eigenvalue weighted by atomic mass is 79.9. The summed E-state index contributed by atoms with van der Waals surface area (Å²) >= 11 is 3.41. The number of carbonyl (C=O) groups is 1. The van der Waals surface area contributed by atoms with Gasteiger partial charge in [0, 0.05) is 22.6 Å². The van der Waals surface area contributed by atoms with Crippen LogP contribution in [0.2, 0.25) is 0 Å². The molecule has 0 aliphatic heterocycles. The first kappa shape index (κ1) is 12.6. The summed E-state index contributed by atoms with van der Waals surface area (Å²) in [6.07, 6.45) is 2.96. The largest absolute Gasteiger partial charge is 0.453 e. The minimum absolute atomic E-state index is 0.492. The lowest BCUT2D eigenvalue weighted by Crippen LogP contribution is -2.10. The van der Waals surface area contributed by atoms with Gasteiger partial charge in [-0.05, 0) is 41.5 Å². The van der Waals surface area contributed by atoms with E-state index in [-0.39, 0.29) is 0 Å². The maximum absolute atomic E-state index is 11.2. The van der Waals surface area contributed by atoms with Crippen LogP contribution in [0.15, 0.2) is 47.2 Å². The third-order valence-electron chi connectivity index (χ3n) is 2.34. The maximum Gasteiger partial charge on any atom is 0.411 e. The number of carbonyl (C=O) groups excluding carboxylic acids is 1. The highest BCUT2D eigenvalue weighted by Crippen LogP contribution is 2.27. The van der Waals surface area contributed by atoms with E-state index in [0.29, 0.717) is 5.69 Å². The van der Waals surface area contributed by atoms with Crippen LogP contribution in [-0.2, 0) is 4.74 Å². The normalized spacial score (nSPS) is 9.89. The number of methoxy groups -OCH3 is 1. The van der Waals surface area contributed by atoms with E-state index < -0.39 is 6.09 Å². The molecule has 1 aromatic heterocycles. The van der Waals surface area contributed by atoms with E-state index >= 15 is 0 Å². The number of rotatable bonds is 2. The molecule has 2 rings (SSSR count). The molecule has 1 aromatic carbocycles. The molecule has 0 fully saturated rings. The van der Waals surface area contributed by atoms with Crippen LogP contribution in [0.25, 0.3) is 11.1 Å². The zero-order valence-corrected chi connectivity index (χ0v) is 11.3. The second-order valence-electron chi connectivity index (χ2n) is 3.58. The lowest BCUT2D eigenvalue weighted by atomic mass is 10.1. The van der Waals surface area contributed by atoms with Crippen molar-refractivity contribution in [2.75, 3.05) is 12.4 Å². The lowest BCUT2D eigenvalue weighted by Gasteiger charge is -2.08. The van der Waals surface area contributed by atoms with E-state index in [9.17, 15) is 4.79 Å². The summed E-state index contributed by atoms with van der Waals surface area (Å²) in [5.74, 6) is 0. The fourth-order valence-electron chi connectivity index (χ4n) is 1.54. The van der Waals surface area contributed by atoms with E-state index in [1.165, 1.54) is 7.11 Å². The summed E-state index contributed by atoms with van der Waals surface area (Å²) in [6, 6.07) is 9.46. The number of aromatic nitrogens is 1. The molecule has 0 radical (unpaired) electrons. The number of pyridine rings is 1. The minimum atomic E-state index is -0.492. The monoisotopic (exact) mass is 306 g/mol. The van der Waals surface area contributed by atoms with Gasteiger partial charge in [0.25, 0.3) is 0 Å². The predicted octanol–water partition coefficient (Wildman–Crippen LogP) is 3.69. The van der Waals surface area contributed by atoms with Crippen molar-refractivity contribution in [3.8, 4) is 11.1 Å². The van der Waals surface area contributed by atoms with E-state index in [1.807, 2.05) is 30.3 Å². The average molecular weight is 307 g/mol. The Morgan fingerprint density at radius 2 is 1.94 bits per heavy atom. The van der Waals surface area contributed by atoms with E-state index in [0.717, 1.165) is 15.6 Å². The van der Waals surface area contributed by atoms with E-state index in [4.69, 9.17) is 0 Å². The first-order valence-corrected chi connectivity index (χ1v) is 6.04. The number of halogens is 1. The molecule has 92 valence electrons. The number of anilines is 1. The van der Waals surface area contributed by atoms with Crippen molar-refractivity contribution >= 4 is 27.7 Å². The number of ether oxygens (including phenoxy) is 1. The van der Waals surface area contributed by atoms with Crippen LogP contribution in [-0.4, -0.2) is 18.2 Å². The first-order chi connectivity index (χ1) is 8.69. The average Bonchev–Trinajstić information content (AvgIpc) is 2.39. The summed E-state index contributed by atoms with van der Waals surface area (Å²) < 4.78 is 5.44. The Morgan fingerprint density at radius 1 is 1.22 bits per heavy atom. The van der Waals surface area contributed by atoms with Crippen LogP contribution in [0.1, 0.15) is 0 Å². The van der Waals surface area contributed by atoms with Crippen LogP contribution in [0, 0.1) is 0 Å². The van der Waals surface area contributed by atoms with Crippen molar-refractivity contribution in [1.82, 2.24) is 4.98 Å². The molecule has 0 saturated carbocycles. The SMILES string of the molecule is COC(=O)Nc1cc(Br)cc(-c2ccncc2)c1. The zero-order valence-electron chi connectivity index (χ0n) is 9.68. The second-order valence-corrected chi connectivity index (χ2v) is 4.50. The van der Waals surface area contributed by atoms with Crippen molar-refractivity contribution in [2.45, 2.75) is 0 Å². The molecule has 1 N–H and O–H groups in total. The van der Waals surface area contributed by atoms with Crippen molar-refractivity contribution in [3.05, 3.63) is 47.2 Å². The molecule has 0 spiro atoms. The highest BCUT2D eigenvalue weighted by molar-refractivity contribution is 9.10. The van der Waals surface area contributed by atoms with Crippen LogP contribution in [0.3, 0.4) is 0 Å². The summed E-state index contributed by atoms with van der Waals surface area (Å²) in [4.78, 5) is 15.2. The van der Waals surface area contributed by atoms with Gasteiger partial charge in [-0.3, -0.25) is 10.3 Å². The Labute approximate surface area is 113 Å². The van der Waals surface area contributed by atoms with Gasteiger partial charge in [0.05, 0.1) is 7.11 Å². The van der Waals surface area contributed by atoms with Crippen LogP contribution >= 0.6 is 15.9 Å². The fourth-order valence-corrected chi connectivity index (χ4v) is 2.03. The van der Waals surface area contributed by atoms with Gasteiger partial charge in [-0.25, -0.2) is 4.79 Å². The Balaban J connectivity index is 2.35. The van der Waals surface area contributed by atoms with Gasteiger partial charge in [-0.2, -0.15) is 0 Å². The van der Waals surface area contributed by atoms with Crippen molar-refractivity contribution in [2.24, 2.45) is 0 Å². The first-order valence-electron chi connectivity index (χ1n) is 5.25. The quantitative estimate of drug-likeness (QED) is 0.920. The number of hydrogen-bond acceptors (Lipinski definition) is 3. The number of hydrogen-bond donors (Lipinski definition) is 1. The summed E-state index contributed by atoms with van der Waals surface area (Å²) in [6.45, 7) is 0. The molecule has 0 unspecified atom stereocenters. The molecule has 1 heterocycles. The molecule has 0 atom stereocenters. The molecule has 1 amide bonds. The fraction of sp³-hybridized carbons (Fsp3) is 0.0769. The van der Waals surface area contributed by atoms with Crippen LogP contribution in [0.4, 0.5) is 10.5 Å². The Kier molecular flexibility index (Phi) is 3.94. The van der Waals surface area contributed by atoms with Gasteiger partial charge in [0.15, 0.2) is 0 Å². The highest BCUT2D eigenvalue weighted by Gasteiger charge is 2.05. The van der Waals surface area contributed by atoms with E-state index in [1.54, 1.807) is 12.4 Å². The number of nitrogens with zero attached hydrogens (tertiary/aromatic N) is 1. The smallest absolute Gasteiger partial charge is 0.411 e. The summed E-state index contributed by atoms with van der Waals surface area (Å²) in [5.41, 5.74) is 2.68. The van der Waals surface area contributed by atoms with Crippen LogP contribution < -0.4 is 5.32 Å². The summed E-state index contributed by atoms with van der Waals surface area (Å²) in [5, 5.41) is 2.64. The Bertz CT molecular complexity index is 558. The molecule has 18 heavy (non-hydrogen) atoms. The Hall–Kier alpha value is -1.88. The molecule has 0 aliphatic carbocycles.